The van der Waals surface area contributed by atoms with Gasteiger partial charge in [0.15, 0.2) is 5.13 Å². The number of carbonyl (C=O) groups excluding carboxylic acids is 2. The summed E-state index contributed by atoms with van der Waals surface area (Å²) in [6.07, 6.45) is 3.35. The van der Waals surface area contributed by atoms with Crippen LogP contribution in [0.5, 0.6) is 5.75 Å². The maximum absolute atomic E-state index is 13.0. The van der Waals surface area contributed by atoms with Crippen molar-refractivity contribution in [3.8, 4) is 5.75 Å². The first-order chi connectivity index (χ1) is 16.1. The van der Waals surface area contributed by atoms with Gasteiger partial charge in [0.25, 0.3) is 11.8 Å². The molecule has 2 aliphatic rings. The second-order valence-corrected chi connectivity index (χ2v) is 8.51. The molecule has 2 aliphatic heterocycles. The monoisotopic (exact) mass is 465 g/mol. The third-order valence-corrected chi connectivity index (χ3v) is 6.54. The average Bonchev–Trinajstić information content (AvgIpc) is 3.43. The van der Waals surface area contributed by atoms with Gasteiger partial charge in [0.05, 0.1) is 30.4 Å². The summed E-state index contributed by atoms with van der Waals surface area (Å²) < 4.78 is 5.25. The standard InChI is InChI=1S/C22H23N7O3S/c1-32-13-2-3-17-14(10-13)19(23)21(31)29(17)22-27-16(12-33-22)20(30)26-15-11-25-5-4-18(15)28-8-6-24-7-9-28/h2-5,10-12,19,24H,6-9,23H2,1H3,(H,26,30). The molecule has 1 fully saturated rings. The Bertz CT molecular complexity index is 1210. The first-order valence-electron chi connectivity index (χ1n) is 10.5. The van der Waals surface area contributed by atoms with Gasteiger partial charge >= 0.3 is 0 Å². The van der Waals surface area contributed by atoms with Gasteiger partial charge in [-0.25, -0.2) is 4.98 Å². The Morgan fingerprint density at radius 1 is 1.27 bits per heavy atom. The summed E-state index contributed by atoms with van der Waals surface area (Å²) in [4.78, 5) is 38.1. The number of piperazine rings is 1. The maximum Gasteiger partial charge on any atom is 0.275 e. The van der Waals surface area contributed by atoms with Gasteiger partial charge in [0.2, 0.25) is 0 Å². The van der Waals surface area contributed by atoms with E-state index >= 15 is 0 Å². The molecule has 170 valence electrons. The number of pyridine rings is 1. The lowest BCUT2D eigenvalue weighted by atomic mass is 10.1. The number of hydrogen-bond donors (Lipinski definition) is 3. The molecule has 4 heterocycles. The van der Waals surface area contributed by atoms with E-state index in [-0.39, 0.29) is 17.5 Å². The Morgan fingerprint density at radius 3 is 2.88 bits per heavy atom. The molecule has 0 radical (unpaired) electrons. The Hall–Kier alpha value is -3.54. The van der Waals surface area contributed by atoms with Gasteiger partial charge in [-0.1, -0.05) is 0 Å². The highest BCUT2D eigenvalue weighted by atomic mass is 32.1. The van der Waals surface area contributed by atoms with Crippen molar-refractivity contribution in [3.63, 3.8) is 0 Å². The van der Waals surface area contributed by atoms with Crippen LogP contribution in [0.15, 0.2) is 42.0 Å². The van der Waals surface area contributed by atoms with Gasteiger partial charge in [0, 0.05) is 43.3 Å². The number of fused-ring (bicyclic) bond motifs is 1. The largest absolute Gasteiger partial charge is 0.497 e. The summed E-state index contributed by atoms with van der Waals surface area (Å²) in [7, 11) is 1.56. The van der Waals surface area contributed by atoms with Crippen LogP contribution in [-0.4, -0.2) is 55.1 Å². The molecular weight excluding hydrogens is 442 g/mol. The summed E-state index contributed by atoms with van der Waals surface area (Å²) in [6, 6.07) is 6.36. The van der Waals surface area contributed by atoms with Crippen molar-refractivity contribution in [1.29, 1.82) is 0 Å². The highest BCUT2D eigenvalue weighted by molar-refractivity contribution is 7.14. The molecule has 33 heavy (non-hydrogen) atoms. The number of nitrogens with one attached hydrogen (secondary N) is 2. The second kappa shape index (κ2) is 8.77. The van der Waals surface area contributed by atoms with Gasteiger partial charge in [-0.3, -0.25) is 19.5 Å². The van der Waals surface area contributed by atoms with Crippen molar-refractivity contribution in [2.24, 2.45) is 5.73 Å². The lowest BCUT2D eigenvalue weighted by molar-refractivity contribution is -0.118. The normalized spacial score (nSPS) is 17.8. The molecule has 0 saturated carbocycles. The van der Waals surface area contributed by atoms with Crippen LogP contribution in [0.4, 0.5) is 22.2 Å². The van der Waals surface area contributed by atoms with Gasteiger partial charge in [-0.2, -0.15) is 0 Å². The summed E-state index contributed by atoms with van der Waals surface area (Å²) in [5.74, 6) is -0.0459. The topological polar surface area (TPSA) is 126 Å². The predicted octanol–water partition coefficient (Wildman–Crippen LogP) is 1.89. The minimum absolute atomic E-state index is 0.216. The highest BCUT2D eigenvalue weighted by Crippen LogP contribution is 2.42. The smallest absolute Gasteiger partial charge is 0.275 e. The summed E-state index contributed by atoms with van der Waals surface area (Å²) >= 11 is 1.21. The van der Waals surface area contributed by atoms with E-state index in [9.17, 15) is 9.59 Å². The second-order valence-electron chi connectivity index (χ2n) is 7.68. The molecule has 2 aromatic heterocycles. The minimum Gasteiger partial charge on any atom is -0.497 e. The zero-order valence-corrected chi connectivity index (χ0v) is 18.8. The zero-order chi connectivity index (χ0) is 22.9. The number of nitrogens with zero attached hydrogens (tertiary/aromatic N) is 4. The summed E-state index contributed by atoms with van der Waals surface area (Å²) in [6.45, 7) is 3.44. The fraction of sp³-hybridized carbons (Fsp3) is 0.273. The molecule has 0 spiro atoms. The molecule has 11 heteroatoms. The SMILES string of the molecule is COc1ccc2c(c1)C(N)C(=O)N2c1nc(C(=O)Nc2cnccc2N2CCNCC2)cs1. The molecule has 1 aromatic carbocycles. The number of rotatable bonds is 5. The van der Waals surface area contributed by atoms with E-state index in [0.717, 1.165) is 31.9 Å². The first kappa shape index (κ1) is 21.3. The Kier molecular flexibility index (Phi) is 5.67. The Morgan fingerprint density at radius 2 is 2.09 bits per heavy atom. The quantitative estimate of drug-likeness (QED) is 0.522. The number of hydrogen-bond acceptors (Lipinski definition) is 9. The van der Waals surface area contributed by atoms with E-state index < -0.39 is 6.04 Å². The molecule has 3 aromatic rings. The van der Waals surface area contributed by atoms with E-state index in [0.29, 0.717) is 27.8 Å². The number of amides is 2. The number of benzene rings is 1. The molecular formula is C22H23N7O3S. The number of nitrogens with two attached hydrogens (primary N) is 1. The summed E-state index contributed by atoms with van der Waals surface area (Å²) in [5.41, 5.74) is 9.19. The molecule has 0 aliphatic carbocycles. The number of thiazole rings is 1. The minimum atomic E-state index is -0.812. The summed E-state index contributed by atoms with van der Waals surface area (Å²) in [5, 5.41) is 8.25. The van der Waals surface area contributed by atoms with Crippen molar-refractivity contribution in [3.05, 3.63) is 53.3 Å². The number of carbonyl (C=O) groups is 2. The highest BCUT2D eigenvalue weighted by Gasteiger charge is 2.38. The number of methoxy groups -OCH3 is 1. The van der Waals surface area contributed by atoms with Gasteiger partial charge in [-0.05, 0) is 24.3 Å². The number of ether oxygens (including phenoxy) is 1. The van der Waals surface area contributed by atoms with E-state index in [1.807, 2.05) is 6.07 Å². The van der Waals surface area contributed by atoms with Crippen LogP contribution in [0.2, 0.25) is 0 Å². The van der Waals surface area contributed by atoms with E-state index in [1.165, 1.54) is 16.2 Å². The first-order valence-corrected chi connectivity index (χ1v) is 11.4. The van der Waals surface area contributed by atoms with E-state index in [4.69, 9.17) is 10.5 Å². The van der Waals surface area contributed by atoms with Crippen LogP contribution in [0, 0.1) is 0 Å². The van der Waals surface area contributed by atoms with Gasteiger partial charge in [-0.15, -0.1) is 11.3 Å². The Labute approximate surface area is 194 Å². The van der Waals surface area contributed by atoms with Crippen molar-refractivity contribution >= 4 is 45.3 Å². The van der Waals surface area contributed by atoms with Gasteiger partial charge in [0.1, 0.15) is 17.5 Å². The fourth-order valence-electron chi connectivity index (χ4n) is 4.02. The van der Waals surface area contributed by atoms with Crippen molar-refractivity contribution in [2.45, 2.75) is 6.04 Å². The van der Waals surface area contributed by atoms with E-state index in [1.54, 1.807) is 43.1 Å². The lowest BCUT2D eigenvalue weighted by Crippen LogP contribution is -2.43. The molecule has 1 atom stereocenters. The van der Waals surface area contributed by atoms with E-state index in [2.05, 4.69) is 25.5 Å². The Balaban J connectivity index is 1.38. The van der Waals surface area contributed by atoms with Crippen molar-refractivity contribution in [2.75, 3.05) is 48.4 Å². The van der Waals surface area contributed by atoms with Gasteiger partial charge < -0.3 is 26.0 Å². The molecule has 1 saturated heterocycles. The van der Waals surface area contributed by atoms with Crippen molar-refractivity contribution < 1.29 is 14.3 Å². The molecule has 2 amide bonds. The van der Waals surface area contributed by atoms with Crippen LogP contribution in [-0.2, 0) is 4.79 Å². The number of aromatic nitrogens is 2. The third kappa shape index (κ3) is 3.90. The maximum atomic E-state index is 13.0. The lowest BCUT2D eigenvalue weighted by Gasteiger charge is -2.30. The van der Waals surface area contributed by atoms with Crippen LogP contribution >= 0.6 is 11.3 Å². The third-order valence-electron chi connectivity index (χ3n) is 5.72. The number of anilines is 4. The van der Waals surface area contributed by atoms with Crippen LogP contribution in [0.1, 0.15) is 22.1 Å². The average molecular weight is 466 g/mol. The zero-order valence-electron chi connectivity index (χ0n) is 17.9. The molecule has 1 unspecified atom stereocenters. The van der Waals surface area contributed by atoms with Crippen molar-refractivity contribution in [1.82, 2.24) is 15.3 Å². The molecule has 10 nitrogen and oxygen atoms in total. The molecule has 0 bridgehead atoms. The molecule has 5 rings (SSSR count). The fourth-order valence-corrected chi connectivity index (χ4v) is 4.84. The molecule has 4 N–H and O–H groups in total. The van der Waals surface area contributed by atoms with Crippen LogP contribution < -0.4 is 30.9 Å². The van der Waals surface area contributed by atoms with Crippen LogP contribution in [0.25, 0.3) is 0 Å². The van der Waals surface area contributed by atoms with Crippen LogP contribution in [0.3, 0.4) is 0 Å². The predicted molar refractivity (Wildman–Crippen MR) is 126 cm³/mol.